The van der Waals surface area contributed by atoms with Crippen molar-refractivity contribution in [1.29, 1.82) is 0 Å². The molecule has 2 rings (SSSR count). The number of hydrogen-bond acceptors (Lipinski definition) is 6. The van der Waals surface area contributed by atoms with Crippen molar-refractivity contribution in [2.24, 2.45) is 0 Å². The summed E-state index contributed by atoms with van der Waals surface area (Å²) in [6, 6.07) is 0. The summed E-state index contributed by atoms with van der Waals surface area (Å²) in [5.74, 6) is 1.27. The molecular weight excluding hydrogens is 270 g/mol. The van der Waals surface area contributed by atoms with Crippen molar-refractivity contribution in [2.45, 2.75) is 51.2 Å². The molecule has 0 aliphatic rings. The minimum Gasteiger partial charge on any atom is -0.383 e. The van der Waals surface area contributed by atoms with Gasteiger partial charge in [0.2, 0.25) is 0 Å². The molecule has 0 fully saturated rings. The number of nitrogens with two attached hydrogens (primary N) is 1. The maximum absolute atomic E-state index is 5.93. The Bertz CT molecular complexity index is 631. The van der Waals surface area contributed by atoms with Crippen LogP contribution in [0.2, 0.25) is 0 Å². The van der Waals surface area contributed by atoms with E-state index in [4.69, 9.17) is 5.73 Å². The van der Waals surface area contributed by atoms with Gasteiger partial charge >= 0.3 is 0 Å². The topological polar surface area (TPSA) is 77.6 Å². The molecule has 0 atom stereocenters. The lowest BCUT2D eigenvalue weighted by Gasteiger charge is -2.10. The van der Waals surface area contributed by atoms with Gasteiger partial charge in [0, 0.05) is 23.4 Å². The second kappa shape index (κ2) is 5.75. The lowest BCUT2D eigenvalue weighted by atomic mass is 10.2. The molecule has 2 aromatic heterocycles. The first-order chi connectivity index (χ1) is 9.42. The normalized spacial score (nSPS) is 10.8. The standard InChI is InChI=1S/C14H19N5S/c1-6-11-18-12(15)8(3)13(19-11)20-14-16-9(4)7(2)10(5)17-14/h6H2,1-5H3,(H2,15,18,19). The van der Waals surface area contributed by atoms with Gasteiger partial charge in [-0.3, -0.25) is 0 Å². The van der Waals surface area contributed by atoms with Gasteiger partial charge in [-0.25, -0.2) is 19.9 Å². The second-order valence-electron chi connectivity index (χ2n) is 4.71. The first-order valence-electron chi connectivity index (χ1n) is 6.55. The van der Waals surface area contributed by atoms with Crippen LogP contribution >= 0.6 is 11.8 Å². The molecule has 0 unspecified atom stereocenters. The molecule has 0 saturated heterocycles. The van der Waals surface area contributed by atoms with Crippen molar-refractivity contribution in [3.63, 3.8) is 0 Å². The quantitative estimate of drug-likeness (QED) is 0.691. The number of nitrogen functional groups attached to an aromatic ring is 1. The molecule has 2 aromatic rings. The number of aryl methyl sites for hydroxylation is 3. The molecular formula is C14H19N5S. The first kappa shape index (κ1) is 14.7. The van der Waals surface area contributed by atoms with Crippen LogP contribution in [-0.4, -0.2) is 19.9 Å². The van der Waals surface area contributed by atoms with Gasteiger partial charge in [-0.05, 0) is 45.0 Å². The van der Waals surface area contributed by atoms with E-state index in [-0.39, 0.29) is 0 Å². The van der Waals surface area contributed by atoms with Crippen LogP contribution in [0, 0.1) is 27.7 Å². The zero-order valence-corrected chi connectivity index (χ0v) is 13.3. The van der Waals surface area contributed by atoms with Gasteiger partial charge in [0.1, 0.15) is 16.7 Å². The van der Waals surface area contributed by atoms with Crippen LogP contribution in [0.25, 0.3) is 0 Å². The SMILES string of the molecule is CCc1nc(N)c(C)c(Sc2nc(C)c(C)c(C)n2)n1. The smallest absolute Gasteiger partial charge is 0.194 e. The number of nitrogens with zero attached hydrogens (tertiary/aromatic N) is 4. The molecule has 0 aliphatic heterocycles. The Kier molecular flexibility index (Phi) is 4.23. The summed E-state index contributed by atoms with van der Waals surface area (Å²) < 4.78 is 0. The van der Waals surface area contributed by atoms with E-state index in [2.05, 4.69) is 19.9 Å². The van der Waals surface area contributed by atoms with E-state index in [1.54, 1.807) is 0 Å². The van der Waals surface area contributed by atoms with Gasteiger partial charge in [0.05, 0.1) is 0 Å². The van der Waals surface area contributed by atoms with Crippen molar-refractivity contribution < 1.29 is 0 Å². The Morgan fingerprint density at radius 1 is 0.900 bits per heavy atom. The monoisotopic (exact) mass is 289 g/mol. The van der Waals surface area contributed by atoms with Crippen molar-refractivity contribution >= 4 is 17.6 Å². The lowest BCUT2D eigenvalue weighted by molar-refractivity contribution is 0.857. The van der Waals surface area contributed by atoms with Crippen LogP contribution < -0.4 is 5.73 Å². The molecule has 5 nitrogen and oxygen atoms in total. The molecule has 0 spiro atoms. The van der Waals surface area contributed by atoms with Gasteiger partial charge in [-0.1, -0.05) is 6.92 Å². The molecule has 6 heteroatoms. The van der Waals surface area contributed by atoms with E-state index >= 15 is 0 Å². The Labute approximate surface area is 123 Å². The average molecular weight is 289 g/mol. The van der Waals surface area contributed by atoms with Crippen molar-refractivity contribution in [1.82, 2.24) is 19.9 Å². The summed E-state index contributed by atoms with van der Waals surface area (Å²) in [4.78, 5) is 17.8. The molecule has 106 valence electrons. The lowest BCUT2D eigenvalue weighted by Crippen LogP contribution is -2.04. The third kappa shape index (κ3) is 2.90. The van der Waals surface area contributed by atoms with Gasteiger partial charge in [-0.2, -0.15) is 0 Å². The molecule has 0 aliphatic carbocycles. The molecule has 2 heterocycles. The Morgan fingerprint density at radius 3 is 2.05 bits per heavy atom. The van der Waals surface area contributed by atoms with Crippen LogP contribution in [0.3, 0.4) is 0 Å². The van der Waals surface area contributed by atoms with Crippen molar-refractivity contribution in [3.05, 3.63) is 28.3 Å². The van der Waals surface area contributed by atoms with E-state index in [9.17, 15) is 0 Å². The van der Waals surface area contributed by atoms with E-state index in [1.807, 2.05) is 34.6 Å². The maximum atomic E-state index is 5.93. The predicted octanol–water partition coefficient (Wildman–Crippen LogP) is 2.80. The predicted molar refractivity (Wildman–Crippen MR) is 80.9 cm³/mol. The van der Waals surface area contributed by atoms with Crippen LogP contribution in [0.15, 0.2) is 10.2 Å². The summed E-state index contributed by atoms with van der Waals surface area (Å²) in [5, 5.41) is 1.53. The summed E-state index contributed by atoms with van der Waals surface area (Å²) in [6.45, 7) is 9.95. The molecule has 2 N–H and O–H groups in total. The highest BCUT2D eigenvalue weighted by molar-refractivity contribution is 7.99. The molecule has 20 heavy (non-hydrogen) atoms. The van der Waals surface area contributed by atoms with Crippen LogP contribution in [0.1, 0.15) is 35.3 Å². The maximum Gasteiger partial charge on any atom is 0.194 e. The summed E-state index contributed by atoms with van der Waals surface area (Å²) >= 11 is 1.44. The fourth-order valence-corrected chi connectivity index (χ4v) is 2.64. The fourth-order valence-electron chi connectivity index (χ4n) is 1.69. The first-order valence-corrected chi connectivity index (χ1v) is 7.36. The van der Waals surface area contributed by atoms with E-state index in [1.165, 1.54) is 11.8 Å². The largest absolute Gasteiger partial charge is 0.383 e. The molecule has 0 radical (unpaired) electrons. The number of anilines is 1. The van der Waals surface area contributed by atoms with Crippen LogP contribution in [0.4, 0.5) is 5.82 Å². The van der Waals surface area contributed by atoms with E-state index in [0.29, 0.717) is 11.0 Å². The highest BCUT2D eigenvalue weighted by Gasteiger charge is 2.12. The second-order valence-corrected chi connectivity index (χ2v) is 5.67. The number of hydrogen-bond donors (Lipinski definition) is 1. The van der Waals surface area contributed by atoms with Gasteiger partial charge in [0.15, 0.2) is 5.16 Å². The highest BCUT2D eigenvalue weighted by Crippen LogP contribution is 2.29. The highest BCUT2D eigenvalue weighted by atomic mass is 32.2. The molecule has 0 bridgehead atoms. The van der Waals surface area contributed by atoms with Gasteiger partial charge in [0.25, 0.3) is 0 Å². The van der Waals surface area contributed by atoms with Crippen molar-refractivity contribution in [3.8, 4) is 0 Å². The zero-order valence-electron chi connectivity index (χ0n) is 12.5. The molecule has 0 aromatic carbocycles. The van der Waals surface area contributed by atoms with E-state index in [0.717, 1.165) is 39.8 Å². The van der Waals surface area contributed by atoms with Gasteiger partial charge < -0.3 is 5.73 Å². The fraction of sp³-hybridized carbons (Fsp3) is 0.429. The number of aromatic nitrogens is 4. The Balaban J connectivity index is 2.42. The average Bonchev–Trinajstić information content (AvgIpc) is 2.40. The summed E-state index contributed by atoms with van der Waals surface area (Å²) in [6.07, 6.45) is 0.755. The van der Waals surface area contributed by atoms with Crippen LogP contribution in [-0.2, 0) is 6.42 Å². The third-order valence-corrected chi connectivity index (χ3v) is 4.26. The minimum absolute atomic E-state index is 0.528. The summed E-state index contributed by atoms with van der Waals surface area (Å²) in [5.41, 5.74) is 9.93. The third-order valence-electron chi connectivity index (χ3n) is 3.30. The van der Waals surface area contributed by atoms with Crippen LogP contribution in [0.5, 0.6) is 0 Å². The summed E-state index contributed by atoms with van der Waals surface area (Å²) in [7, 11) is 0. The van der Waals surface area contributed by atoms with Gasteiger partial charge in [-0.15, -0.1) is 0 Å². The Morgan fingerprint density at radius 2 is 1.50 bits per heavy atom. The molecule has 0 amide bonds. The van der Waals surface area contributed by atoms with E-state index < -0.39 is 0 Å². The number of rotatable bonds is 3. The Hall–Kier alpha value is -1.69. The minimum atomic E-state index is 0.528. The van der Waals surface area contributed by atoms with Crippen molar-refractivity contribution in [2.75, 3.05) is 5.73 Å². The molecule has 0 saturated carbocycles. The zero-order chi connectivity index (χ0) is 14.9.